The Morgan fingerprint density at radius 2 is 1.90 bits per heavy atom. The van der Waals surface area contributed by atoms with Gasteiger partial charge in [0.2, 0.25) is 0 Å². The molecule has 1 atom stereocenters. The number of aromatic nitrogens is 2. The zero-order chi connectivity index (χ0) is 20.8. The summed E-state index contributed by atoms with van der Waals surface area (Å²) in [6, 6.07) is 14.2. The first-order valence-corrected chi connectivity index (χ1v) is 10.3. The lowest BCUT2D eigenvalue weighted by atomic mass is 10.0. The molecule has 0 unspecified atom stereocenters. The Morgan fingerprint density at radius 3 is 2.67 bits per heavy atom. The van der Waals surface area contributed by atoms with Gasteiger partial charge in [0.05, 0.1) is 28.8 Å². The predicted molar refractivity (Wildman–Crippen MR) is 120 cm³/mol. The summed E-state index contributed by atoms with van der Waals surface area (Å²) in [5.41, 5.74) is 1.63. The fourth-order valence-corrected chi connectivity index (χ4v) is 4.87. The van der Waals surface area contributed by atoms with Crippen LogP contribution in [-0.2, 0) is 0 Å². The van der Waals surface area contributed by atoms with E-state index in [1.165, 1.54) is 23.5 Å². The van der Waals surface area contributed by atoms with Crippen molar-refractivity contribution in [3.63, 3.8) is 0 Å². The lowest BCUT2D eigenvalue weighted by Crippen LogP contribution is -2.06. The molecule has 2 N–H and O–H groups in total. The first-order chi connectivity index (χ1) is 14.5. The van der Waals surface area contributed by atoms with Crippen molar-refractivity contribution in [1.29, 1.82) is 0 Å². The smallest absolute Gasteiger partial charge is 0.256 e. The Labute approximate surface area is 175 Å². The molecule has 3 aromatic carbocycles. The second-order valence-electron chi connectivity index (χ2n) is 7.12. The Morgan fingerprint density at radius 1 is 1.10 bits per heavy atom. The van der Waals surface area contributed by atoms with Gasteiger partial charge in [-0.3, -0.25) is 4.79 Å². The van der Waals surface area contributed by atoms with Crippen LogP contribution in [0.15, 0.2) is 59.5 Å². The molecule has 5 nitrogen and oxygen atoms in total. The molecular weight excluding hydrogens is 401 g/mol. The number of fused-ring (bicyclic) bond motifs is 6. The van der Waals surface area contributed by atoms with Crippen LogP contribution in [-0.4, -0.2) is 17.1 Å². The van der Waals surface area contributed by atoms with E-state index in [0.29, 0.717) is 10.8 Å². The molecular formula is C23H18FN3O2S. The van der Waals surface area contributed by atoms with Gasteiger partial charge in [0.15, 0.2) is 5.13 Å². The van der Waals surface area contributed by atoms with Crippen molar-refractivity contribution in [2.24, 2.45) is 0 Å². The van der Waals surface area contributed by atoms with Crippen molar-refractivity contribution in [3.05, 3.63) is 76.5 Å². The van der Waals surface area contributed by atoms with E-state index in [4.69, 9.17) is 9.72 Å². The van der Waals surface area contributed by atoms with E-state index in [2.05, 4.69) is 17.2 Å². The quantitative estimate of drug-likeness (QED) is 0.372. The van der Waals surface area contributed by atoms with Crippen molar-refractivity contribution in [2.45, 2.75) is 13.0 Å². The maximum Gasteiger partial charge on any atom is 0.256 e. The van der Waals surface area contributed by atoms with Crippen LogP contribution in [0.4, 0.5) is 9.52 Å². The lowest BCUT2D eigenvalue weighted by Gasteiger charge is -2.13. The minimum atomic E-state index is -0.381. The average molecular weight is 419 g/mol. The van der Waals surface area contributed by atoms with Gasteiger partial charge in [-0.1, -0.05) is 23.5 Å². The molecule has 0 fully saturated rings. The van der Waals surface area contributed by atoms with Gasteiger partial charge >= 0.3 is 0 Å². The van der Waals surface area contributed by atoms with Gasteiger partial charge in [-0.2, -0.15) is 0 Å². The van der Waals surface area contributed by atoms with Crippen LogP contribution >= 0.6 is 11.3 Å². The molecule has 7 heteroatoms. The van der Waals surface area contributed by atoms with E-state index < -0.39 is 0 Å². The number of hydrogen-bond acceptors (Lipinski definition) is 5. The lowest BCUT2D eigenvalue weighted by molar-refractivity contribution is 0.414. The van der Waals surface area contributed by atoms with Gasteiger partial charge in [-0.05, 0) is 48.9 Å². The second-order valence-corrected chi connectivity index (χ2v) is 8.12. The third kappa shape index (κ3) is 2.98. The highest BCUT2D eigenvalue weighted by Crippen LogP contribution is 2.39. The van der Waals surface area contributed by atoms with Gasteiger partial charge in [0.1, 0.15) is 11.6 Å². The molecule has 5 aromatic rings. The highest BCUT2D eigenvalue weighted by Gasteiger charge is 2.17. The first kappa shape index (κ1) is 18.6. The number of nitrogens with zero attached hydrogens (tertiary/aromatic N) is 1. The van der Waals surface area contributed by atoms with Crippen molar-refractivity contribution < 1.29 is 9.13 Å². The number of anilines is 1. The van der Waals surface area contributed by atoms with Crippen molar-refractivity contribution in [3.8, 4) is 5.75 Å². The third-order valence-electron chi connectivity index (χ3n) is 5.29. The first-order valence-electron chi connectivity index (χ1n) is 9.49. The molecule has 0 spiro atoms. The number of pyridine rings is 1. The number of H-pyrrole nitrogens is 1. The summed E-state index contributed by atoms with van der Waals surface area (Å²) in [7, 11) is 1.64. The van der Waals surface area contributed by atoms with E-state index in [9.17, 15) is 9.18 Å². The molecule has 5 rings (SSSR count). The molecule has 0 aliphatic carbocycles. The number of ether oxygens (including phenoxy) is 1. The highest BCUT2D eigenvalue weighted by molar-refractivity contribution is 7.23. The number of methoxy groups -OCH3 is 1. The maximum atomic E-state index is 14.0. The van der Waals surface area contributed by atoms with Crippen LogP contribution in [0.25, 0.3) is 31.8 Å². The van der Waals surface area contributed by atoms with Crippen molar-refractivity contribution >= 4 is 48.2 Å². The van der Waals surface area contributed by atoms with E-state index in [0.717, 1.165) is 37.4 Å². The number of thiazole rings is 1. The zero-order valence-electron chi connectivity index (χ0n) is 16.3. The average Bonchev–Trinajstić information content (AvgIpc) is 3.17. The number of nitrogens with one attached hydrogen (secondary N) is 2. The fourth-order valence-electron chi connectivity index (χ4n) is 3.77. The number of hydrogen-bond donors (Lipinski definition) is 2. The summed E-state index contributed by atoms with van der Waals surface area (Å²) in [4.78, 5) is 20.0. The number of aromatic amines is 1. The second kappa shape index (κ2) is 7.11. The molecule has 30 heavy (non-hydrogen) atoms. The number of halogens is 1. The summed E-state index contributed by atoms with van der Waals surface area (Å²) < 4.78 is 20.1. The third-order valence-corrected chi connectivity index (χ3v) is 6.31. The number of rotatable bonds is 4. The van der Waals surface area contributed by atoms with Crippen molar-refractivity contribution in [1.82, 2.24) is 9.97 Å². The predicted octanol–water partition coefficient (Wildman–Crippen LogP) is 5.61. The van der Waals surface area contributed by atoms with E-state index in [1.54, 1.807) is 19.4 Å². The summed E-state index contributed by atoms with van der Waals surface area (Å²) >= 11 is 1.49. The Bertz CT molecular complexity index is 1460. The topological polar surface area (TPSA) is 67.0 Å². The van der Waals surface area contributed by atoms with Crippen LogP contribution in [0, 0.1) is 5.82 Å². The molecule has 150 valence electrons. The molecule has 0 saturated carbocycles. The fraction of sp³-hybridized carbons (Fsp3) is 0.130. The molecule has 2 aromatic heterocycles. The molecule has 0 saturated heterocycles. The molecule has 0 amide bonds. The minimum absolute atomic E-state index is 0.0230. The molecule has 0 aliphatic heterocycles. The maximum absolute atomic E-state index is 14.0. The molecule has 0 bridgehead atoms. The molecule has 0 radical (unpaired) electrons. The Kier molecular flexibility index (Phi) is 4.40. The van der Waals surface area contributed by atoms with E-state index in [-0.39, 0.29) is 17.4 Å². The van der Waals surface area contributed by atoms with Gasteiger partial charge in [0.25, 0.3) is 5.56 Å². The SMILES string of the molecule is COc1ccc([C@H](C)Nc2nc3c4ccc(F)cc4c4c(=O)[nH]ccc4c3s2)cc1. The van der Waals surface area contributed by atoms with E-state index in [1.807, 2.05) is 30.3 Å². The summed E-state index contributed by atoms with van der Waals surface area (Å²) in [6.07, 6.45) is 1.61. The number of benzene rings is 3. The molecule has 2 heterocycles. The van der Waals surface area contributed by atoms with Crippen LogP contribution in [0.2, 0.25) is 0 Å². The standard InChI is InChI=1S/C23H18FN3O2S/c1-12(13-3-6-15(29-2)7-4-13)26-23-27-20-16-8-5-14(24)11-18(16)19-17(21(20)30-23)9-10-25-22(19)28/h3-12H,1-2H3,(H,25,28)(H,26,27)/t12-/m0/s1. The van der Waals surface area contributed by atoms with Gasteiger partial charge < -0.3 is 15.0 Å². The zero-order valence-corrected chi connectivity index (χ0v) is 17.1. The summed E-state index contributed by atoms with van der Waals surface area (Å²) in [5, 5.41) is 6.78. The summed E-state index contributed by atoms with van der Waals surface area (Å²) in [6.45, 7) is 2.06. The van der Waals surface area contributed by atoms with Gasteiger partial charge in [-0.25, -0.2) is 9.37 Å². The van der Waals surface area contributed by atoms with Crippen LogP contribution in [0.5, 0.6) is 5.75 Å². The largest absolute Gasteiger partial charge is 0.497 e. The Hall–Kier alpha value is -3.45. The normalized spacial score (nSPS) is 12.5. The van der Waals surface area contributed by atoms with E-state index >= 15 is 0 Å². The van der Waals surface area contributed by atoms with Crippen molar-refractivity contribution in [2.75, 3.05) is 12.4 Å². The monoisotopic (exact) mass is 419 g/mol. The minimum Gasteiger partial charge on any atom is -0.497 e. The van der Waals surface area contributed by atoms with Crippen LogP contribution in [0.3, 0.4) is 0 Å². The van der Waals surface area contributed by atoms with Gasteiger partial charge in [-0.15, -0.1) is 0 Å². The Balaban J connectivity index is 1.66. The molecule has 0 aliphatic rings. The summed E-state index contributed by atoms with van der Waals surface area (Å²) in [5.74, 6) is 0.425. The van der Waals surface area contributed by atoms with Gasteiger partial charge in [0, 0.05) is 22.4 Å². The van der Waals surface area contributed by atoms with Crippen LogP contribution < -0.4 is 15.6 Å². The van der Waals surface area contributed by atoms with Crippen LogP contribution in [0.1, 0.15) is 18.5 Å². The highest BCUT2D eigenvalue weighted by atomic mass is 32.1.